The van der Waals surface area contributed by atoms with Crippen molar-refractivity contribution < 1.29 is 0 Å². The van der Waals surface area contributed by atoms with Crippen molar-refractivity contribution in [1.82, 2.24) is 5.32 Å². The first-order chi connectivity index (χ1) is 8.58. The smallest absolute Gasteiger partial charge is 0.0130 e. The van der Waals surface area contributed by atoms with E-state index in [0.717, 1.165) is 31.8 Å². The van der Waals surface area contributed by atoms with Crippen LogP contribution >= 0.6 is 22.6 Å². The molecule has 0 atom stereocenters. The third kappa shape index (κ3) is 7.17. The van der Waals surface area contributed by atoms with Gasteiger partial charge in [0.15, 0.2) is 0 Å². The minimum Gasteiger partial charge on any atom is -0.316 e. The van der Waals surface area contributed by atoms with Crippen molar-refractivity contribution in [2.24, 2.45) is 5.92 Å². The normalized spacial score (nSPS) is 12.2. The lowest BCUT2D eigenvalue weighted by Gasteiger charge is -2.06. The number of allylic oxidation sites excluding steroid dienone is 1. The summed E-state index contributed by atoms with van der Waals surface area (Å²) in [5.41, 5.74) is 2.86. The quantitative estimate of drug-likeness (QED) is 0.433. The Bertz CT molecular complexity index is 365. The second-order valence-electron chi connectivity index (χ2n) is 5.24. The lowest BCUT2D eigenvalue weighted by atomic mass is 10.1. The Kier molecular flexibility index (Phi) is 7.59. The first-order valence-corrected chi connectivity index (χ1v) is 7.76. The second kappa shape index (κ2) is 8.70. The van der Waals surface area contributed by atoms with Crippen molar-refractivity contribution in [2.75, 3.05) is 13.1 Å². The topological polar surface area (TPSA) is 12.0 Å². The molecule has 0 saturated heterocycles. The molecule has 0 saturated carbocycles. The number of hydrogen-bond donors (Lipinski definition) is 1. The van der Waals surface area contributed by atoms with Gasteiger partial charge in [-0.25, -0.2) is 0 Å². The van der Waals surface area contributed by atoms with Crippen LogP contribution in [-0.2, 0) is 6.42 Å². The third-order valence-electron chi connectivity index (χ3n) is 2.76. The molecule has 0 aliphatic carbocycles. The Morgan fingerprint density at radius 3 is 2.56 bits per heavy atom. The molecule has 100 valence electrons. The predicted molar refractivity (Wildman–Crippen MR) is 88.9 cm³/mol. The fraction of sp³-hybridized carbons (Fsp3) is 0.500. The van der Waals surface area contributed by atoms with Gasteiger partial charge in [0, 0.05) is 3.57 Å². The number of benzene rings is 1. The van der Waals surface area contributed by atoms with Crippen molar-refractivity contribution in [1.29, 1.82) is 0 Å². The van der Waals surface area contributed by atoms with Gasteiger partial charge in [0.25, 0.3) is 0 Å². The maximum absolute atomic E-state index is 3.47. The van der Waals surface area contributed by atoms with Crippen molar-refractivity contribution in [2.45, 2.75) is 33.6 Å². The second-order valence-corrected chi connectivity index (χ2v) is 6.49. The Labute approximate surface area is 125 Å². The first-order valence-electron chi connectivity index (χ1n) is 6.68. The highest BCUT2D eigenvalue weighted by Gasteiger charge is 1.95. The molecule has 0 aliphatic heterocycles. The number of hydrogen-bond acceptors (Lipinski definition) is 1. The summed E-state index contributed by atoms with van der Waals surface area (Å²) in [7, 11) is 0. The van der Waals surface area contributed by atoms with Crippen LogP contribution < -0.4 is 5.32 Å². The molecule has 0 heterocycles. The summed E-state index contributed by atoms with van der Waals surface area (Å²) >= 11 is 2.34. The maximum atomic E-state index is 3.47. The van der Waals surface area contributed by atoms with Crippen LogP contribution in [0.3, 0.4) is 0 Å². The van der Waals surface area contributed by atoms with Crippen molar-refractivity contribution in [3.05, 3.63) is 45.0 Å². The van der Waals surface area contributed by atoms with Gasteiger partial charge < -0.3 is 5.32 Å². The molecule has 0 amide bonds. The zero-order chi connectivity index (χ0) is 13.4. The van der Waals surface area contributed by atoms with Gasteiger partial charge in [0.05, 0.1) is 0 Å². The van der Waals surface area contributed by atoms with E-state index in [2.05, 4.69) is 79.0 Å². The predicted octanol–water partition coefficient (Wildman–Crippen LogP) is 4.42. The van der Waals surface area contributed by atoms with E-state index in [9.17, 15) is 0 Å². The SMILES string of the molecule is CC(=CCCNCC(C)C)Cc1ccc(I)cc1. The van der Waals surface area contributed by atoms with Gasteiger partial charge >= 0.3 is 0 Å². The highest BCUT2D eigenvalue weighted by molar-refractivity contribution is 14.1. The molecular weight excluding hydrogens is 333 g/mol. The van der Waals surface area contributed by atoms with E-state index in [-0.39, 0.29) is 0 Å². The first kappa shape index (κ1) is 15.7. The molecular formula is C16H24IN. The molecule has 1 nitrogen and oxygen atoms in total. The summed E-state index contributed by atoms with van der Waals surface area (Å²) in [4.78, 5) is 0. The standard InChI is InChI=1S/C16H24IN/c1-13(2)12-18-10-4-5-14(3)11-15-6-8-16(17)9-7-15/h5-9,13,18H,4,10-12H2,1-3H3. The largest absolute Gasteiger partial charge is 0.316 e. The Balaban J connectivity index is 2.27. The monoisotopic (exact) mass is 357 g/mol. The van der Waals surface area contributed by atoms with Gasteiger partial charge in [-0.15, -0.1) is 0 Å². The zero-order valence-electron chi connectivity index (χ0n) is 11.7. The summed E-state index contributed by atoms with van der Waals surface area (Å²) in [6.45, 7) is 8.91. The molecule has 1 aromatic rings. The van der Waals surface area contributed by atoms with Crippen LogP contribution in [0.2, 0.25) is 0 Å². The zero-order valence-corrected chi connectivity index (χ0v) is 13.8. The molecule has 0 unspecified atom stereocenters. The fourth-order valence-electron chi connectivity index (χ4n) is 1.81. The van der Waals surface area contributed by atoms with E-state index in [0.29, 0.717) is 0 Å². The van der Waals surface area contributed by atoms with E-state index in [4.69, 9.17) is 0 Å². The molecule has 0 radical (unpaired) electrons. The van der Waals surface area contributed by atoms with E-state index < -0.39 is 0 Å². The number of rotatable bonds is 7. The highest BCUT2D eigenvalue weighted by Crippen LogP contribution is 2.11. The van der Waals surface area contributed by atoms with Crippen molar-refractivity contribution in [3.63, 3.8) is 0 Å². The summed E-state index contributed by atoms with van der Waals surface area (Å²) in [6, 6.07) is 8.78. The molecule has 0 spiro atoms. The average Bonchev–Trinajstić information content (AvgIpc) is 2.31. The molecule has 1 aromatic carbocycles. The molecule has 1 N–H and O–H groups in total. The minimum absolute atomic E-state index is 0.738. The van der Waals surface area contributed by atoms with E-state index in [1.807, 2.05) is 0 Å². The van der Waals surface area contributed by atoms with Gasteiger partial charge in [-0.05, 0) is 79.1 Å². The summed E-state index contributed by atoms with van der Waals surface area (Å²) in [5.74, 6) is 0.738. The lowest BCUT2D eigenvalue weighted by Crippen LogP contribution is -2.20. The summed E-state index contributed by atoms with van der Waals surface area (Å²) in [6.07, 6.45) is 4.55. The minimum atomic E-state index is 0.738. The molecule has 0 aromatic heterocycles. The fourth-order valence-corrected chi connectivity index (χ4v) is 2.17. The van der Waals surface area contributed by atoms with Crippen LogP contribution in [0.25, 0.3) is 0 Å². The molecule has 2 heteroatoms. The van der Waals surface area contributed by atoms with Gasteiger partial charge in [-0.1, -0.05) is 37.6 Å². The van der Waals surface area contributed by atoms with E-state index >= 15 is 0 Å². The Morgan fingerprint density at radius 2 is 1.94 bits per heavy atom. The summed E-state index contributed by atoms with van der Waals surface area (Å²) in [5, 5.41) is 3.47. The lowest BCUT2D eigenvalue weighted by molar-refractivity contribution is 0.556. The van der Waals surface area contributed by atoms with Crippen molar-refractivity contribution >= 4 is 22.6 Å². The molecule has 18 heavy (non-hydrogen) atoms. The van der Waals surface area contributed by atoms with Crippen LogP contribution in [-0.4, -0.2) is 13.1 Å². The van der Waals surface area contributed by atoms with Gasteiger partial charge in [-0.2, -0.15) is 0 Å². The molecule has 1 rings (SSSR count). The number of nitrogens with one attached hydrogen (secondary N) is 1. The Hall–Kier alpha value is -0.350. The van der Waals surface area contributed by atoms with Crippen LogP contribution in [0.4, 0.5) is 0 Å². The van der Waals surface area contributed by atoms with Crippen LogP contribution in [0.1, 0.15) is 32.8 Å². The summed E-state index contributed by atoms with van der Waals surface area (Å²) < 4.78 is 1.30. The van der Waals surface area contributed by atoms with Crippen molar-refractivity contribution in [3.8, 4) is 0 Å². The molecule has 0 bridgehead atoms. The maximum Gasteiger partial charge on any atom is 0.0130 e. The molecule has 0 fully saturated rings. The van der Waals surface area contributed by atoms with E-state index in [1.165, 1.54) is 14.7 Å². The molecule has 0 aliphatic rings. The van der Waals surface area contributed by atoms with Gasteiger partial charge in [0.2, 0.25) is 0 Å². The average molecular weight is 357 g/mol. The third-order valence-corrected chi connectivity index (χ3v) is 3.48. The Morgan fingerprint density at radius 1 is 1.28 bits per heavy atom. The van der Waals surface area contributed by atoms with Crippen LogP contribution in [0.5, 0.6) is 0 Å². The highest BCUT2D eigenvalue weighted by atomic mass is 127. The van der Waals surface area contributed by atoms with Crippen LogP contribution in [0, 0.1) is 9.49 Å². The van der Waals surface area contributed by atoms with Gasteiger partial charge in [0.1, 0.15) is 0 Å². The van der Waals surface area contributed by atoms with Crippen LogP contribution in [0.15, 0.2) is 35.9 Å². The van der Waals surface area contributed by atoms with E-state index in [1.54, 1.807) is 0 Å². The number of halogens is 1. The van der Waals surface area contributed by atoms with Gasteiger partial charge in [-0.3, -0.25) is 0 Å².